The quantitative estimate of drug-likeness (QED) is 0.702. The second-order valence-electron chi connectivity index (χ2n) is 3.80. The van der Waals surface area contributed by atoms with Crippen LogP contribution in [0.1, 0.15) is 0 Å². The predicted octanol–water partition coefficient (Wildman–Crippen LogP) is 2.95. The Bertz CT molecular complexity index is 742. The monoisotopic (exact) mass is 244 g/mol. The Morgan fingerprint density at radius 1 is 1.18 bits per heavy atom. The van der Waals surface area contributed by atoms with Gasteiger partial charge in [0, 0.05) is 35.1 Å². The minimum atomic E-state index is -0.0161. The number of aromatic nitrogens is 2. The number of hydrogen-bond donors (Lipinski definition) is 1. The molecule has 3 nitrogen and oxygen atoms in total. The van der Waals surface area contributed by atoms with Gasteiger partial charge in [-0.05, 0) is 6.07 Å². The van der Waals surface area contributed by atoms with Gasteiger partial charge in [-0.1, -0.05) is 29.8 Å². The van der Waals surface area contributed by atoms with Crippen molar-refractivity contribution in [3.05, 3.63) is 64.0 Å². The maximum absolute atomic E-state index is 11.2. The molecule has 0 fully saturated rings. The van der Waals surface area contributed by atoms with Gasteiger partial charge in [0.1, 0.15) is 5.65 Å². The van der Waals surface area contributed by atoms with Gasteiger partial charge in [0.05, 0.1) is 5.69 Å². The highest BCUT2D eigenvalue weighted by Crippen LogP contribution is 2.26. The van der Waals surface area contributed by atoms with E-state index in [1.165, 1.54) is 6.07 Å². The number of benzene rings is 1. The van der Waals surface area contributed by atoms with E-state index in [-0.39, 0.29) is 5.43 Å². The summed E-state index contributed by atoms with van der Waals surface area (Å²) in [7, 11) is 0. The lowest BCUT2D eigenvalue weighted by molar-refractivity contribution is 1.18. The average Bonchev–Trinajstić information content (AvgIpc) is 2.72. The van der Waals surface area contributed by atoms with Crippen LogP contribution in [0.5, 0.6) is 0 Å². The largest absolute Gasteiger partial charge is 0.340 e. The van der Waals surface area contributed by atoms with E-state index in [0.29, 0.717) is 5.02 Å². The van der Waals surface area contributed by atoms with Crippen molar-refractivity contribution >= 4 is 17.2 Å². The Morgan fingerprint density at radius 2 is 2.00 bits per heavy atom. The van der Waals surface area contributed by atoms with E-state index < -0.39 is 0 Å². The lowest BCUT2D eigenvalue weighted by Gasteiger charge is -1.98. The average molecular weight is 245 g/mol. The summed E-state index contributed by atoms with van der Waals surface area (Å²) >= 11 is 6.13. The molecular weight excluding hydrogens is 236 g/mol. The van der Waals surface area contributed by atoms with Crippen LogP contribution in [-0.4, -0.2) is 9.38 Å². The summed E-state index contributed by atoms with van der Waals surface area (Å²) in [5.41, 5.74) is 2.55. The molecule has 0 radical (unpaired) electrons. The maximum Gasteiger partial charge on any atom is 0.183 e. The minimum absolute atomic E-state index is 0.0161. The first kappa shape index (κ1) is 10.2. The maximum atomic E-state index is 11.2. The normalized spacial score (nSPS) is 10.9. The molecule has 0 saturated carbocycles. The third-order valence-electron chi connectivity index (χ3n) is 2.65. The molecule has 84 valence electrons. The molecule has 0 unspecified atom stereocenters. The van der Waals surface area contributed by atoms with Crippen molar-refractivity contribution in [2.75, 3.05) is 0 Å². The zero-order valence-electron chi connectivity index (χ0n) is 8.85. The van der Waals surface area contributed by atoms with Crippen LogP contribution in [0.15, 0.2) is 53.6 Å². The van der Waals surface area contributed by atoms with Gasteiger partial charge in [0.25, 0.3) is 0 Å². The molecule has 2 heterocycles. The van der Waals surface area contributed by atoms with Gasteiger partial charge < -0.3 is 9.38 Å². The molecule has 0 spiro atoms. The smallest absolute Gasteiger partial charge is 0.183 e. The summed E-state index contributed by atoms with van der Waals surface area (Å²) in [4.78, 5) is 14.4. The fraction of sp³-hybridized carbons (Fsp3) is 0. The van der Waals surface area contributed by atoms with Crippen molar-refractivity contribution in [2.24, 2.45) is 0 Å². The number of imidazole rings is 1. The highest BCUT2D eigenvalue weighted by Gasteiger charge is 2.05. The fourth-order valence-electron chi connectivity index (χ4n) is 1.83. The molecule has 0 aliphatic heterocycles. The molecule has 0 bridgehead atoms. The van der Waals surface area contributed by atoms with E-state index in [0.717, 1.165) is 16.9 Å². The van der Waals surface area contributed by atoms with Crippen LogP contribution in [0.4, 0.5) is 0 Å². The first-order valence-electron chi connectivity index (χ1n) is 5.20. The second kappa shape index (κ2) is 3.79. The van der Waals surface area contributed by atoms with Crippen molar-refractivity contribution in [3.8, 4) is 11.3 Å². The predicted molar refractivity (Wildman–Crippen MR) is 68.5 cm³/mol. The highest BCUT2D eigenvalue weighted by atomic mass is 35.5. The van der Waals surface area contributed by atoms with E-state index in [1.54, 1.807) is 12.3 Å². The fourth-order valence-corrected chi connectivity index (χ4v) is 2.07. The first-order valence-corrected chi connectivity index (χ1v) is 5.58. The Kier molecular flexibility index (Phi) is 2.27. The molecule has 4 heteroatoms. The molecule has 1 aromatic carbocycles. The second-order valence-corrected chi connectivity index (χ2v) is 4.21. The topological polar surface area (TPSA) is 37.3 Å². The van der Waals surface area contributed by atoms with Gasteiger partial charge in [-0.25, -0.2) is 0 Å². The number of rotatable bonds is 1. The van der Waals surface area contributed by atoms with Gasteiger partial charge >= 0.3 is 0 Å². The number of halogens is 1. The third-order valence-corrected chi connectivity index (χ3v) is 2.98. The van der Waals surface area contributed by atoms with Crippen molar-refractivity contribution in [3.63, 3.8) is 0 Å². The molecular formula is C13H9ClN2O. The molecule has 0 saturated heterocycles. The van der Waals surface area contributed by atoms with Crippen molar-refractivity contribution < 1.29 is 0 Å². The standard InChI is InChI=1S/C13H9ClN2O/c14-11-4-2-1-3-10(11)12-8-16-6-5-9(17)7-13(16)15-12/h1-8,15H. The first-order chi connectivity index (χ1) is 8.24. The van der Waals surface area contributed by atoms with E-state index >= 15 is 0 Å². The van der Waals surface area contributed by atoms with Gasteiger partial charge in [-0.15, -0.1) is 0 Å². The highest BCUT2D eigenvalue weighted by molar-refractivity contribution is 6.33. The van der Waals surface area contributed by atoms with Crippen LogP contribution in [0.3, 0.4) is 0 Å². The van der Waals surface area contributed by atoms with Crippen LogP contribution >= 0.6 is 11.6 Å². The van der Waals surface area contributed by atoms with E-state index in [9.17, 15) is 4.79 Å². The van der Waals surface area contributed by atoms with Gasteiger partial charge in [0.2, 0.25) is 0 Å². The summed E-state index contributed by atoms with van der Waals surface area (Å²) in [6, 6.07) is 10.7. The number of hydrogen-bond acceptors (Lipinski definition) is 1. The third kappa shape index (κ3) is 1.74. The number of H-pyrrole nitrogens is 1. The van der Waals surface area contributed by atoms with Gasteiger partial charge in [-0.2, -0.15) is 0 Å². The SMILES string of the molecule is O=c1ccn2cc(-c3ccccc3Cl)[nH]c2c1. The van der Waals surface area contributed by atoms with Crippen LogP contribution in [0, 0.1) is 0 Å². The van der Waals surface area contributed by atoms with Crippen LogP contribution in [0.2, 0.25) is 5.02 Å². The summed E-state index contributed by atoms with van der Waals surface area (Å²) in [6.45, 7) is 0. The van der Waals surface area contributed by atoms with Crippen LogP contribution in [0.25, 0.3) is 16.9 Å². The Morgan fingerprint density at radius 3 is 2.82 bits per heavy atom. The number of aromatic amines is 1. The summed E-state index contributed by atoms with van der Waals surface area (Å²) in [6.07, 6.45) is 3.64. The molecule has 17 heavy (non-hydrogen) atoms. The van der Waals surface area contributed by atoms with E-state index in [1.807, 2.05) is 34.9 Å². The van der Waals surface area contributed by atoms with Gasteiger partial charge in [0.15, 0.2) is 5.43 Å². The zero-order valence-corrected chi connectivity index (χ0v) is 9.61. The summed E-state index contributed by atoms with van der Waals surface area (Å²) < 4.78 is 1.86. The molecule has 1 N–H and O–H groups in total. The molecule has 2 aromatic heterocycles. The minimum Gasteiger partial charge on any atom is -0.340 e. The number of pyridine rings is 1. The molecule has 0 aliphatic carbocycles. The molecule has 0 atom stereocenters. The van der Waals surface area contributed by atoms with Gasteiger partial charge in [-0.3, -0.25) is 4.79 Å². The van der Waals surface area contributed by atoms with Crippen molar-refractivity contribution in [1.82, 2.24) is 9.38 Å². The lowest BCUT2D eigenvalue weighted by Crippen LogP contribution is -1.97. The van der Waals surface area contributed by atoms with Crippen molar-refractivity contribution in [1.29, 1.82) is 0 Å². The summed E-state index contributed by atoms with van der Waals surface area (Å²) in [5.74, 6) is 0. The summed E-state index contributed by atoms with van der Waals surface area (Å²) in [5, 5.41) is 0.682. The van der Waals surface area contributed by atoms with Crippen molar-refractivity contribution in [2.45, 2.75) is 0 Å². The number of nitrogens with zero attached hydrogens (tertiary/aromatic N) is 1. The number of nitrogens with one attached hydrogen (secondary N) is 1. The van der Waals surface area contributed by atoms with E-state index in [2.05, 4.69) is 4.98 Å². The Labute approximate surface area is 102 Å². The molecule has 0 aliphatic rings. The van der Waals surface area contributed by atoms with Crippen LogP contribution in [-0.2, 0) is 0 Å². The molecule has 0 amide bonds. The Balaban J connectivity index is 2.25. The lowest BCUT2D eigenvalue weighted by atomic mass is 10.2. The van der Waals surface area contributed by atoms with Crippen LogP contribution < -0.4 is 5.43 Å². The number of fused-ring (bicyclic) bond motifs is 1. The van der Waals surface area contributed by atoms with E-state index in [4.69, 9.17) is 11.6 Å². The molecule has 3 rings (SSSR count). The zero-order chi connectivity index (χ0) is 11.8. The Hall–Kier alpha value is -2.00. The molecule has 3 aromatic rings.